The van der Waals surface area contributed by atoms with Gasteiger partial charge >= 0.3 is 0 Å². The van der Waals surface area contributed by atoms with Crippen molar-refractivity contribution in [2.45, 2.75) is 27.2 Å². The van der Waals surface area contributed by atoms with Crippen LogP contribution in [-0.4, -0.2) is 0 Å². The highest BCUT2D eigenvalue weighted by molar-refractivity contribution is 5.41. The summed E-state index contributed by atoms with van der Waals surface area (Å²) in [6, 6.07) is 0. The Morgan fingerprint density at radius 1 is 1.25 bits per heavy atom. The van der Waals surface area contributed by atoms with E-state index in [2.05, 4.69) is 45.6 Å². The monoisotopic (exact) mass is 160 g/mol. The molecule has 0 saturated heterocycles. The summed E-state index contributed by atoms with van der Waals surface area (Å²) in [4.78, 5) is 0. The number of allylic oxidation sites excluding steroid dienone is 7. The SMILES string of the molecule is C=C(C)C1=CC=C(C)C(C)=CC1. The Bertz CT molecular complexity index is 285. The molecular weight excluding hydrogens is 144 g/mol. The normalized spacial score (nSPS) is 17.4. The molecule has 1 aliphatic carbocycles. The Morgan fingerprint density at radius 2 is 1.92 bits per heavy atom. The van der Waals surface area contributed by atoms with Crippen LogP contribution in [0, 0.1) is 0 Å². The molecule has 0 heterocycles. The fourth-order valence-electron chi connectivity index (χ4n) is 1.17. The van der Waals surface area contributed by atoms with Gasteiger partial charge in [-0.05, 0) is 38.3 Å². The predicted octanol–water partition coefficient (Wildman–Crippen LogP) is 3.79. The first-order chi connectivity index (χ1) is 5.61. The Labute approximate surface area is 75.0 Å². The maximum atomic E-state index is 3.94. The molecular formula is C12H16. The van der Waals surface area contributed by atoms with E-state index in [0.717, 1.165) is 6.42 Å². The zero-order chi connectivity index (χ0) is 9.14. The average molecular weight is 160 g/mol. The summed E-state index contributed by atoms with van der Waals surface area (Å²) in [7, 11) is 0. The van der Waals surface area contributed by atoms with E-state index in [9.17, 15) is 0 Å². The number of rotatable bonds is 1. The third-order valence-corrected chi connectivity index (χ3v) is 2.33. The second-order valence-corrected chi connectivity index (χ2v) is 3.41. The van der Waals surface area contributed by atoms with Gasteiger partial charge in [0, 0.05) is 0 Å². The summed E-state index contributed by atoms with van der Waals surface area (Å²) in [6.07, 6.45) is 7.63. The lowest BCUT2D eigenvalue weighted by Gasteiger charge is -2.00. The average Bonchev–Trinajstić information content (AvgIpc) is 2.16. The van der Waals surface area contributed by atoms with Crippen LogP contribution in [0.25, 0.3) is 0 Å². The molecule has 0 nitrogen and oxygen atoms in total. The summed E-state index contributed by atoms with van der Waals surface area (Å²) >= 11 is 0. The lowest BCUT2D eigenvalue weighted by molar-refractivity contribution is 1.20. The molecule has 0 fully saturated rings. The van der Waals surface area contributed by atoms with Crippen LogP contribution in [0.15, 0.2) is 47.1 Å². The van der Waals surface area contributed by atoms with Gasteiger partial charge in [0.15, 0.2) is 0 Å². The van der Waals surface area contributed by atoms with Crippen molar-refractivity contribution in [3.05, 3.63) is 47.1 Å². The van der Waals surface area contributed by atoms with Gasteiger partial charge in [0.25, 0.3) is 0 Å². The highest BCUT2D eigenvalue weighted by atomic mass is 14.1. The van der Waals surface area contributed by atoms with Gasteiger partial charge in [0.05, 0.1) is 0 Å². The summed E-state index contributed by atoms with van der Waals surface area (Å²) in [5.74, 6) is 0. The van der Waals surface area contributed by atoms with Gasteiger partial charge in [-0.3, -0.25) is 0 Å². The molecule has 0 aliphatic heterocycles. The van der Waals surface area contributed by atoms with Gasteiger partial charge in [-0.25, -0.2) is 0 Å². The van der Waals surface area contributed by atoms with E-state index in [1.54, 1.807) is 0 Å². The van der Waals surface area contributed by atoms with Crippen molar-refractivity contribution >= 4 is 0 Å². The third-order valence-electron chi connectivity index (χ3n) is 2.33. The first-order valence-corrected chi connectivity index (χ1v) is 4.31. The minimum Gasteiger partial charge on any atom is -0.0958 e. The van der Waals surface area contributed by atoms with Gasteiger partial charge in [0.1, 0.15) is 0 Å². The highest BCUT2D eigenvalue weighted by Crippen LogP contribution is 2.20. The lowest BCUT2D eigenvalue weighted by atomic mass is 10.1. The molecule has 0 N–H and O–H groups in total. The molecule has 0 bridgehead atoms. The van der Waals surface area contributed by atoms with Crippen LogP contribution < -0.4 is 0 Å². The van der Waals surface area contributed by atoms with Gasteiger partial charge < -0.3 is 0 Å². The van der Waals surface area contributed by atoms with Crippen LogP contribution in [0.2, 0.25) is 0 Å². The summed E-state index contributed by atoms with van der Waals surface area (Å²) < 4.78 is 0. The standard InChI is InChI=1S/C12H16/c1-9(2)12-7-5-10(3)11(4)6-8-12/h5-7H,1,8H2,2-4H3. The molecule has 1 rings (SSSR count). The van der Waals surface area contributed by atoms with Crippen molar-refractivity contribution in [2.24, 2.45) is 0 Å². The maximum Gasteiger partial charge on any atom is -0.00892 e. The van der Waals surface area contributed by atoms with Gasteiger partial charge in [-0.15, -0.1) is 0 Å². The first kappa shape index (κ1) is 9.05. The molecule has 0 spiro atoms. The fraction of sp³-hybridized carbons (Fsp3) is 0.333. The molecule has 0 amide bonds. The molecule has 12 heavy (non-hydrogen) atoms. The van der Waals surface area contributed by atoms with E-state index in [1.807, 2.05) is 0 Å². The van der Waals surface area contributed by atoms with Gasteiger partial charge in [0.2, 0.25) is 0 Å². The Hall–Kier alpha value is -1.04. The van der Waals surface area contributed by atoms with Crippen molar-refractivity contribution < 1.29 is 0 Å². The molecule has 0 atom stereocenters. The summed E-state index contributed by atoms with van der Waals surface area (Å²) in [5, 5.41) is 0. The Kier molecular flexibility index (Phi) is 2.69. The quantitative estimate of drug-likeness (QED) is 0.547. The van der Waals surface area contributed by atoms with Crippen molar-refractivity contribution in [1.82, 2.24) is 0 Å². The predicted molar refractivity (Wildman–Crippen MR) is 55.0 cm³/mol. The van der Waals surface area contributed by atoms with Crippen LogP contribution in [0.3, 0.4) is 0 Å². The molecule has 0 aromatic rings. The number of hydrogen-bond acceptors (Lipinski definition) is 0. The highest BCUT2D eigenvalue weighted by Gasteiger charge is 2.00. The van der Waals surface area contributed by atoms with E-state index in [4.69, 9.17) is 0 Å². The van der Waals surface area contributed by atoms with E-state index in [1.165, 1.54) is 22.3 Å². The minimum absolute atomic E-state index is 1.02. The van der Waals surface area contributed by atoms with Crippen molar-refractivity contribution in [1.29, 1.82) is 0 Å². The summed E-state index contributed by atoms with van der Waals surface area (Å²) in [6.45, 7) is 10.3. The fourth-order valence-corrected chi connectivity index (χ4v) is 1.17. The van der Waals surface area contributed by atoms with E-state index in [-0.39, 0.29) is 0 Å². The molecule has 0 unspecified atom stereocenters. The van der Waals surface area contributed by atoms with Crippen LogP contribution in [0.4, 0.5) is 0 Å². The molecule has 1 aliphatic rings. The van der Waals surface area contributed by atoms with Crippen molar-refractivity contribution in [3.8, 4) is 0 Å². The lowest BCUT2D eigenvalue weighted by Crippen LogP contribution is -1.80. The molecule has 0 aromatic heterocycles. The molecule has 0 saturated carbocycles. The largest absolute Gasteiger partial charge is 0.0958 e. The topological polar surface area (TPSA) is 0 Å². The number of hydrogen-bond donors (Lipinski definition) is 0. The van der Waals surface area contributed by atoms with E-state index < -0.39 is 0 Å². The Balaban J connectivity index is 2.95. The zero-order valence-electron chi connectivity index (χ0n) is 8.15. The minimum atomic E-state index is 1.02. The smallest absolute Gasteiger partial charge is 0.00892 e. The van der Waals surface area contributed by atoms with Crippen molar-refractivity contribution in [2.75, 3.05) is 0 Å². The molecule has 64 valence electrons. The zero-order valence-corrected chi connectivity index (χ0v) is 8.15. The van der Waals surface area contributed by atoms with E-state index in [0.29, 0.717) is 0 Å². The maximum absolute atomic E-state index is 3.94. The van der Waals surface area contributed by atoms with Crippen LogP contribution in [0.1, 0.15) is 27.2 Å². The third kappa shape index (κ3) is 1.97. The second-order valence-electron chi connectivity index (χ2n) is 3.41. The molecule has 0 aromatic carbocycles. The Morgan fingerprint density at radius 3 is 2.50 bits per heavy atom. The van der Waals surface area contributed by atoms with Gasteiger partial charge in [-0.1, -0.05) is 36.0 Å². The van der Waals surface area contributed by atoms with E-state index >= 15 is 0 Å². The van der Waals surface area contributed by atoms with Crippen LogP contribution in [0.5, 0.6) is 0 Å². The second kappa shape index (κ2) is 3.57. The van der Waals surface area contributed by atoms with Gasteiger partial charge in [-0.2, -0.15) is 0 Å². The van der Waals surface area contributed by atoms with Crippen molar-refractivity contribution in [3.63, 3.8) is 0 Å². The van der Waals surface area contributed by atoms with Crippen LogP contribution >= 0.6 is 0 Å². The van der Waals surface area contributed by atoms with Crippen LogP contribution in [-0.2, 0) is 0 Å². The molecule has 0 radical (unpaired) electrons. The first-order valence-electron chi connectivity index (χ1n) is 4.31. The molecule has 0 heteroatoms. The summed E-state index contributed by atoms with van der Waals surface area (Å²) in [5.41, 5.74) is 5.24.